The number of aryl methyl sites for hydroxylation is 1. The van der Waals surface area contributed by atoms with E-state index in [2.05, 4.69) is 25.3 Å². The second-order valence-corrected chi connectivity index (χ2v) is 8.57. The average molecular weight is 477 g/mol. The van der Waals surface area contributed by atoms with Gasteiger partial charge in [0.1, 0.15) is 17.7 Å². The molecule has 0 spiro atoms. The molecule has 0 aliphatic heterocycles. The number of fused-ring (bicyclic) bond motifs is 2. The Morgan fingerprint density at radius 1 is 1.15 bits per heavy atom. The summed E-state index contributed by atoms with van der Waals surface area (Å²) in [6, 6.07) is 10.1. The number of H-pyrrole nitrogens is 1. The fraction of sp³-hybridized carbons (Fsp3) is 0.200. The second-order valence-electron chi connectivity index (χ2n) is 8.16. The molecule has 0 aliphatic rings. The van der Waals surface area contributed by atoms with Crippen LogP contribution in [0.15, 0.2) is 53.8 Å². The topological polar surface area (TPSA) is 88.5 Å². The SMILES string of the molecule is CC[C@H](Nc1ncnc2nc[nH]c12)c1cc2ccc(F)c(C)c2c(=O)n1-c1cccc(Cl)c1C. The van der Waals surface area contributed by atoms with Crippen molar-refractivity contribution in [2.24, 2.45) is 0 Å². The lowest BCUT2D eigenvalue weighted by Gasteiger charge is -2.25. The summed E-state index contributed by atoms with van der Waals surface area (Å²) in [5, 5.41) is 5.01. The van der Waals surface area contributed by atoms with Crippen LogP contribution in [0.5, 0.6) is 0 Å². The minimum absolute atomic E-state index is 0.301. The maximum Gasteiger partial charge on any atom is 0.263 e. The average Bonchev–Trinajstić information content (AvgIpc) is 3.31. The highest BCUT2D eigenvalue weighted by molar-refractivity contribution is 6.31. The Hall–Kier alpha value is -3.78. The molecule has 3 heterocycles. The van der Waals surface area contributed by atoms with Crippen LogP contribution in [0, 0.1) is 19.7 Å². The van der Waals surface area contributed by atoms with Crippen LogP contribution in [0.4, 0.5) is 10.2 Å². The van der Waals surface area contributed by atoms with Crippen molar-refractivity contribution in [2.75, 3.05) is 5.32 Å². The number of rotatable bonds is 5. The number of imidazole rings is 1. The molecule has 1 atom stereocenters. The molecule has 0 fully saturated rings. The molecule has 0 amide bonds. The molecule has 0 aliphatic carbocycles. The first-order valence-corrected chi connectivity index (χ1v) is 11.3. The monoisotopic (exact) mass is 476 g/mol. The van der Waals surface area contributed by atoms with Crippen molar-refractivity contribution in [3.8, 4) is 5.69 Å². The third-order valence-electron chi connectivity index (χ3n) is 6.19. The van der Waals surface area contributed by atoms with E-state index in [-0.39, 0.29) is 11.6 Å². The van der Waals surface area contributed by atoms with E-state index < -0.39 is 5.82 Å². The smallest absolute Gasteiger partial charge is 0.263 e. The largest absolute Gasteiger partial charge is 0.360 e. The number of pyridine rings is 1. The minimum Gasteiger partial charge on any atom is -0.360 e. The predicted molar refractivity (Wildman–Crippen MR) is 132 cm³/mol. The highest BCUT2D eigenvalue weighted by atomic mass is 35.5. The molecule has 172 valence electrons. The first-order valence-electron chi connectivity index (χ1n) is 10.9. The fourth-order valence-corrected chi connectivity index (χ4v) is 4.50. The highest BCUT2D eigenvalue weighted by Gasteiger charge is 2.22. The number of anilines is 1. The lowest BCUT2D eigenvalue weighted by molar-refractivity contribution is 0.620. The maximum absolute atomic E-state index is 14.4. The number of hydrogen-bond acceptors (Lipinski definition) is 5. The molecule has 2 aromatic carbocycles. The summed E-state index contributed by atoms with van der Waals surface area (Å²) in [6.45, 7) is 5.51. The van der Waals surface area contributed by atoms with Gasteiger partial charge < -0.3 is 10.3 Å². The Balaban J connectivity index is 1.79. The van der Waals surface area contributed by atoms with Crippen molar-refractivity contribution in [3.63, 3.8) is 0 Å². The van der Waals surface area contributed by atoms with Gasteiger partial charge in [-0.05, 0) is 61.0 Å². The van der Waals surface area contributed by atoms with E-state index in [9.17, 15) is 9.18 Å². The van der Waals surface area contributed by atoms with Gasteiger partial charge in [0.15, 0.2) is 11.5 Å². The Labute approximate surface area is 199 Å². The van der Waals surface area contributed by atoms with Crippen LogP contribution in [-0.4, -0.2) is 24.5 Å². The van der Waals surface area contributed by atoms with Crippen LogP contribution >= 0.6 is 11.6 Å². The number of aromatic nitrogens is 5. The molecule has 5 rings (SSSR count). The third kappa shape index (κ3) is 3.51. The van der Waals surface area contributed by atoms with Gasteiger partial charge >= 0.3 is 0 Å². The molecule has 0 saturated carbocycles. The minimum atomic E-state index is -0.417. The normalized spacial score (nSPS) is 12.4. The number of hydrogen-bond donors (Lipinski definition) is 2. The Kier molecular flexibility index (Phi) is 5.53. The summed E-state index contributed by atoms with van der Waals surface area (Å²) in [5.41, 5.74) is 3.35. The van der Waals surface area contributed by atoms with Gasteiger partial charge in [0.25, 0.3) is 5.56 Å². The number of nitrogens with zero attached hydrogens (tertiary/aromatic N) is 4. The van der Waals surface area contributed by atoms with Gasteiger partial charge in [-0.3, -0.25) is 9.36 Å². The summed E-state index contributed by atoms with van der Waals surface area (Å²) in [4.78, 5) is 29.7. The molecule has 2 N–H and O–H groups in total. The predicted octanol–water partition coefficient (Wildman–Crippen LogP) is 5.63. The lowest BCUT2D eigenvalue weighted by atomic mass is 10.0. The Morgan fingerprint density at radius 2 is 1.97 bits per heavy atom. The van der Waals surface area contributed by atoms with Gasteiger partial charge in [-0.15, -0.1) is 0 Å². The Morgan fingerprint density at radius 3 is 2.76 bits per heavy atom. The zero-order valence-electron chi connectivity index (χ0n) is 18.9. The van der Waals surface area contributed by atoms with Crippen LogP contribution in [-0.2, 0) is 0 Å². The molecule has 0 unspecified atom stereocenters. The van der Waals surface area contributed by atoms with E-state index in [1.54, 1.807) is 36.0 Å². The first kappa shape index (κ1) is 22.0. The number of benzene rings is 2. The van der Waals surface area contributed by atoms with Crippen LogP contribution in [0.1, 0.15) is 36.2 Å². The van der Waals surface area contributed by atoms with Gasteiger partial charge in [0, 0.05) is 10.7 Å². The first-order chi connectivity index (χ1) is 16.4. The van der Waals surface area contributed by atoms with Gasteiger partial charge in [0.2, 0.25) is 0 Å². The lowest BCUT2D eigenvalue weighted by Crippen LogP contribution is -2.27. The molecule has 34 heavy (non-hydrogen) atoms. The molecule has 3 aromatic heterocycles. The van der Waals surface area contributed by atoms with Gasteiger partial charge in [-0.25, -0.2) is 19.3 Å². The van der Waals surface area contributed by atoms with Crippen LogP contribution < -0.4 is 10.9 Å². The van der Waals surface area contributed by atoms with E-state index >= 15 is 0 Å². The van der Waals surface area contributed by atoms with Crippen molar-refractivity contribution in [1.29, 1.82) is 0 Å². The fourth-order valence-electron chi connectivity index (χ4n) is 4.33. The van der Waals surface area contributed by atoms with E-state index in [1.807, 2.05) is 26.0 Å². The van der Waals surface area contributed by atoms with Crippen molar-refractivity contribution < 1.29 is 4.39 Å². The van der Waals surface area contributed by atoms with Crippen molar-refractivity contribution in [3.05, 3.63) is 87.1 Å². The molecular formula is C25H22ClFN6O. The van der Waals surface area contributed by atoms with Gasteiger partial charge in [-0.2, -0.15) is 0 Å². The summed E-state index contributed by atoms with van der Waals surface area (Å²) >= 11 is 6.42. The molecule has 0 radical (unpaired) electrons. The zero-order chi connectivity index (χ0) is 24.0. The summed E-state index contributed by atoms with van der Waals surface area (Å²) < 4.78 is 16.1. The Bertz CT molecular complexity index is 1610. The van der Waals surface area contributed by atoms with E-state index in [0.29, 0.717) is 56.1 Å². The number of nitrogens with one attached hydrogen (secondary N) is 2. The van der Waals surface area contributed by atoms with E-state index in [4.69, 9.17) is 11.6 Å². The summed E-state index contributed by atoms with van der Waals surface area (Å²) in [6.07, 6.45) is 3.65. The molecule has 7 nitrogen and oxygen atoms in total. The molecule has 5 aromatic rings. The van der Waals surface area contributed by atoms with Crippen molar-refractivity contribution in [2.45, 2.75) is 33.2 Å². The molecule has 0 saturated heterocycles. The van der Waals surface area contributed by atoms with Crippen LogP contribution in [0.2, 0.25) is 5.02 Å². The maximum atomic E-state index is 14.4. The van der Waals surface area contributed by atoms with Crippen LogP contribution in [0.25, 0.3) is 27.6 Å². The molecule has 9 heteroatoms. The van der Waals surface area contributed by atoms with Gasteiger partial charge in [-0.1, -0.05) is 30.7 Å². The zero-order valence-corrected chi connectivity index (χ0v) is 19.6. The standard InChI is InChI=1S/C25H22ClFN6O/c1-4-18(32-24-22-23(29-11-28-22)30-12-31-24)20-10-15-8-9-17(27)14(3)21(15)25(34)33(20)19-7-5-6-16(26)13(19)2/h5-12,18H,4H2,1-3H3,(H2,28,29,30,31,32)/t18-/m0/s1. The molecule has 0 bridgehead atoms. The second kappa shape index (κ2) is 8.53. The highest BCUT2D eigenvalue weighted by Crippen LogP contribution is 2.31. The van der Waals surface area contributed by atoms with E-state index in [0.717, 1.165) is 5.56 Å². The quantitative estimate of drug-likeness (QED) is 0.343. The number of aromatic amines is 1. The van der Waals surface area contributed by atoms with Crippen LogP contribution in [0.3, 0.4) is 0 Å². The molecular weight excluding hydrogens is 455 g/mol. The number of halogens is 2. The summed E-state index contributed by atoms with van der Waals surface area (Å²) in [5.74, 6) is 0.158. The van der Waals surface area contributed by atoms with Crippen molar-refractivity contribution in [1.82, 2.24) is 24.5 Å². The third-order valence-corrected chi connectivity index (χ3v) is 6.60. The van der Waals surface area contributed by atoms with E-state index in [1.165, 1.54) is 12.4 Å². The summed E-state index contributed by atoms with van der Waals surface area (Å²) in [7, 11) is 0. The van der Waals surface area contributed by atoms with Gasteiger partial charge in [0.05, 0.1) is 23.4 Å². The van der Waals surface area contributed by atoms with Crippen molar-refractivity contribution >= 4 is 39.4 Å².